The number of nitrogens with one attached hydrogen (secondary N) is 1. The minimum Gasteiger partial charge on any atom is -0.339 e. The van der Waals surface area contributed by atoms with Gasteiger partial charge in [-0.25, -0.2) is 9.67 Å². The highest BCUT2D eigenvalue weighted by Crippen LogP contribution is 2.37. The number of carbonyl (C=O) groups excluding carboxylic acids is 1. The summed E-state index contributed by atoms with van der Waals surface area (Å²) in [5, 5.41) is 8.86. The molecule has 6 heteroatoms. The van der Waals surface area contributed by atoms with Crippen molar-refractivity contribution in [2.75, 3.05) is 26.2 Å². The van der Waals surface area contributed by atoms with Gasteiger partial charge in [-0.2, -0.15) is 5.10 Å². The summed E-state index contributed by atoms with van der Waals surface area (Å²) >= 11 is 0. The number of aromatic nitrogens is 3. The largest absolute Gasteiger partial charge is 0.339 e. The van der Waals surface area contributed by atoms with Crippen LogP contribution in [0.25, 0.3) is 11.0 Å². The number of hydrogen-bond acceptors (Lipinski definition) is 4. The average Bonchev–Trinajstić information content (AvgIpc) is 3.36. The van der Waals surface area contributed by atoms with Crippen molar-refractivity contribution in [1.82, 2.24) is 25.0 Å². The second-order valence-corrected chi connectivity index (χ2v) is 8.14. The van der Waals surface area contributed by atoms with Crippen molar-refractivity contribution < 1.29 is 4.79 Å². The molecule has 1 spiro atoms. The monoisotopic (exact) mass is 375 g/mol. The topological polar surface area (TPSA) is 63.1 Å². The van der Waals surface area contributed by atoms with Gasteiger partial charge in [0.2, 0.25) is 0 Å². The molecule has 1 aromatic carbocycles. The fourth-order valence-electron chi connectivity index (χ4n) is 4.55. The van der Waals surface area contributed by atoms with Crippen LogP contribution in [0, 0.1) is 5.41 Å². The van der Waals surface area contributed by atoms with Crippen LogP contribution in [0.1, 0.15) is 35.2 Å². The van der Waals surface area contributed by atoms with Gasteiger partial charge in [0.1, 0.15) is 0 Å². The van der Waals surface area contributed by atoms with E-state index < -0.39 is 0 Å². The van der Waals surface area contributed by atoms with E-state index in [1.165, 1.54) is 12.0 Å². The smallest absolute Gasteiger partial charge is 0.255 e. The molecule has 0 aliphatic carbocycles. The fraction of sp³-hybridized carbons (Fsp3) is 0.409. The number of piperidine rings is 1. The zero-order valence-electron chi connectivity index (χ0n) is 16.0. The number of benzene rings is 1. The molecule has 1 amide bonds. The van der Waals surface area contributed by atoms with Crippen molar-refractivity contribution in [2.45, 2.75) is 25.8 Å². The maximum atomic E-state index is 13.0. The molecule has 0 bridgehead atoms. The predicted molar refractivity (Wildman–Crippen MR) is 108 cm³/mol. The number of likely N-dealkylation sites (tertiary alicyclic amines) is 1. The summed E-state index contributed by atoms with van der Waals surface area (Å²) in [4.78, 5) is 19.5. The lowest BCUT2D eigenvalue weighted by atomic mass is 9.78. The first kappa shape index (κ1) is 17.4. The van der Waals surface area contributed by atoms with Crippen LogP contribution >= 0.6 is 0 Å². The molecular weight excluding hydrogens is 350 g/mol. The van der Waals surface area contributed by atoms with E-state index in [2.05, 4.69) is 27.5 Å². The van der Waals surface area contributed by atoms with E-state index in [1.54, 1.807) is 12.4 Å². The van der Waals surface area contributed by atoms with Gasteiger partial charge in [0.25, 0.3) is 5.91 Å². The Hall–Kier alpha value is -2.73. The van der Waals surface area contributed by atoms with Gasteiger partial charge in [-0.15, -0.1) is 0 Å². The van der Waals surface area contributed by atoms with E-state index in [9.17, 15) is 4.79 Å². The highest BCUT2D eigenvalue weighted by Gasteiger charge is 2.38. The van der Waals surface area contributed by atoms with Crippen LogP contribution in [0.2, 0.25) is 0 Å². The molecule has 4 heterocycles. The molecule has 144 valence electrons. The zero-order chi connectivity index (χ0) is 19.0. The van der Waals surface area contributed by atoms with Gasteiger partial charge >= 0.3 is 0 Å². The molecule has 3 aromatic rings. The summed E-state index contributed by atoms with van der Waals surface area (Å²) in [5.41, 5.74) is 3.07. The normalized spacial score (nSPS) is 18.8. The highest BCUT2D eigenvalue weighted by atomic mass is 16.2. The lowest BCUT2D eigenvalue weighted by Crippen LogP contribution is -2.44. The molecule has 2 saturated heterocycles. The van der Waals surface area contributed by atoms with Gasteiger partial charge in [0.05, 0.1) is 18.3 Å². The Morgan fingerprint density at radius 1 is 1.11 bits per heavy atom. The number of nitrogens with zero attached hydrogens (tertiary/aromatic N) is 4. The third kappa shape index (κ3) is 3.18. The summed E-state index contributed by atoms with van der Waals surface area (Å²) in [6.07, 6.45) is 6.93. The molecule has 6 nitrogen and oxygen atoms in total. The van der Waals surface area contributed by atoms with Crippen LogP contribution in [0.3, 0.4) is 0 Å². The summed E-state index contributed by atoms with van der Waals surface area (Å²) in [5.74, 6) is 0.0889. The van der Waals surface area contributed by atoms with Crippen LogP contribution in [-0.4, -0.2) is 51.8 Å². The Balaban J connectivity index is 1.32. The fourth-order valence-corrected chi connectivity index (χ4v) is 4.55. The Kier molecular flexibility index (Phi) is 4.36. The van der Waals surface area contributed by atoms with Gasteiger partial charge in [-0.1, -0.05) is 30.3 Å². The molecule has 28 heavy (non-hydrogen) atoms. The molecule has 2 fully saturated rings. The predicted octanol–water partition coefficient (Wildman–Crippen LogP) is 2.70. The van der Waals surface area contributed by atoms with Crippen LogP contribution in [-0.2, 0) is 6.54 Å². The Labute approximate surface area is 164 Å². The van der Waals surface area contributed by atoms with Crippen molar-refractivity contribution in [1.29, 1.82) is 0 Å². The molecule has 1 N–H and O–H groups in total. The first-order valence-electron chi connectivity index (χ1n) is 10.1. The molecule has 0 radical (unpaired) electrons. The molecule has 2 aromatic heterocycles. The number of carbonyl (C=O) groups is 1. The maximum absolute atomic E-state index is 13.0. The van der Waals surface area contributed by atoms with Gasteiger partial charge in [-0.3, -0.25) is 4.79 Å². The Morgan fingerprint density at radius 2 is 1.93 bits per heavy atom. The van der Waals surface area contributed by atoms with E-state index in [0.717, 1.165) is 50.1 Å². The van der Waals surface area contributed by atoms with Crippen LogP contribution in [0.5, 0.6) is 0 Å². The lowest BCUT2D eigenvalue weighted by Gasteiger charge is -2.38. The average molecular weight is 375 g/mol. The van der Waals surface area contributed by atoms with Crippen molar-refractivity contribution in [3.63, 3.8) is 0 Å². The number of hydrogen-bond donors (Lipinski definition) is 1. The standard InChI is InChI=1S/C22H25N5O/c28-21(26-10-7-22(8-11-26)6-9-23-16-22)19-12-18-14-25-27(20(18)24-13-19)15-17-4-2-1-3-5-17/h1-5,12-14,23H,6-11,15-16H2. The number of amides is 1. The van der Waals surface area contributed by atoms with Crippen molar-refractivity contribution in [2.24, 2.45) is 5.41 Å². The third-order valence-electron chi connectivity index (χ3n) is 6.34. The molecule has 5 rings (SSSR count). The minimum absolute atomic E-state index is 0.0889. The van der Waals surface area contributed by atoms with Crippen molar-refractivity contribution in [3.05, 3.63) is 59.9 Å². The summed E-state index contributed by atoms with van der Waals surface area (Å²) < 4.78 is 1.89. The first-order chi connectivity index (χ1) is 13.7. The third-order valence-corrected chi connectivity index (χ3v) is 6.34. The lowest BCUT2D eigenvalue weighted by molar-refractivity contribution is 0.0607. The molecule has 0 unspecified atom stereocenters. The van der Waals surface area contributed by atoms with Crippen molar-refractivity contribution in [3.8, 4) is 0 Å². The zero-order valence-corrected chi connectivity index (χ0v) is 16.0. The number of rotatable bonds is 3. The van der Waals surface area contributed by atoms with Gasteiger partial charge in [0.15, 0.2) is 5.65 Å². The molecule has 2 aliphatic rings. The van der Waals surface area contributed by atoms with Crippen LogP contribution in [0.4, 0.5) is 0 Å². The maximum Gasteiger partial charge on any atom is 0.255 e. The van der Waals surface area contributed by atoms with E-state index in [-0.39, 0.29) is 5.91 Å². The van der Waals surface area contributed by atoms with E-state index >= 15 is 0 Å². The molecular formula is C22H25N5O. The van der Waals surface area contributed by atoms with Gasteiger partial charge < -0.3 is 10.2 Å². The first-order valence-corrected chi connectivity index (χ1v) is 10.1. The second-order valence-electron chi connectivity index (χ2n) is 8.14. The van der Waals surface area contributed by atoms with Gasteiger partial charge in [0, 0.05) is 31.2 Å². The quantitative estimate of drug-likeness (QED) is 0.765. The molecule has 0 atom stereocenters. The van der Waals surface area contributed by atoms with Crippen LogP contribution in [0.15, 0.2) is 48.8 Å². The molecule has 2 aliphatic heterocycles. The van der Waals surface area contributed by atoms with Crippen LogP contribution < -0.4 is 5.32 Å². The minimum atomic E-state index is 0.0889. The Morgan fingerprint density at radius 3 is 2.68 bits per heavy atom. The highest BCUT2D eigenvalue weighted by molar-refractivity contribution is 5.96. The van der Waals surface area contributed by atoms with Gasteiger partial charge in [-0.05, 0) is 42.9 Å². The number of fused-ring (bicyclic) bond motifs is 1. The number of pyridine rings is 1. The second kappa shape index (κ2) is 7.02. The van der Waals surface area contributed by atoms with E-state index in [0.29, 0.717) is 17.5 Å². The van der Waals surface area contributed by atoms with Crippen molar-refractivity contribution >= 4 is 16.9 Å². The van der Waals surface area contributed by atoms with E-state index in [1.807, 2.05) is 33.8 Å². The summed E-state index contributed by atoms with van der Waals surface area (Å²) in [6, 6.07) is 12.1. The summed E-state index contributed by atoms with van der Waals surface area (Å²) in [6.45, 7) is 4.56. The Bertz CT molecular complexity index is 981. The van der Waals surface area contributed by atoms with E-state index in [4.69, 9.17) is 0 Å². The molecule has 0 saturated carbocycles. The SMILES string of the molecule is O=C(c1cnc2c(cnn2Cc2ccccc2)c1)N1CCC2(CCNC2)CC1. The summed E-state index contributed by atoms with van der Waals surface area (Å²) in [7, 11) is 0.